The Bertz CT molecular complexity index is 969. The largest absolute Gasteiger partial charge is 0.468 e. The van der Waals surface area contributed by atoms with Crippen LogP contribution < -0.4 is 20.7 Å². The van der Waals surface area contributed by atoms with Crippen LogP contribution in [0.1, 0.15) is 0 Å². The van der Waals surface area contributed by atoms with Crippen LogP contribution in [0.3, 0.4) is 0 Å². The minimum atomic E-state index is -2.48. The Morgan fingerprint density at radius 1 is 0.613 bits per heavy atom. The summed E-state index contributed by atoms with van der Waals surface area (Å²) >= 11 is 0. The molecule has 0 saturated heterocycles. The average molecular weight is 473 g/mol. The van der Waals surface area contributed by atoms with Crippen molar-refractivity contribution < 1.29 is 8.23 Å². The summed E-state index contributed by atoms with van der Waals surface area (Å²) in [6.07, 6.45) is 0. The molecule has 0 N–H and O–H groups in total. The highest BCUT2D eigenvalue weighted by Crippen LogP contribution is 2.15. The van der Waals surface area contributed by atoms with E-state index < -0.39 is 27.1 Å². The van der Waals surface area contributed by atoms with Crippen molar-refractivity contribution in [3.8, 4) is 0 Å². The molecular formula is C25H28O2Si4. The molecule has 0 heterocycles. The maximum absolute atomic E-state index is 7.53. The molecule has 0 bridgehead atoms. The molecule has 0 spiro atoms. The molecule has 0 amide bonds. The molecule has 2 nitrogen and oxygen atoms in total. The van der Waals surface area contributed by atoms with Crippen molar-refractivity contribution in [2.45, 2.75) is 5.67 Å². The summed E-state index contributed by atoms with van der Waals surface area (Å²) in [6, 6.07) is 43.5. The zero-order valence-electron chi connectivity index (χ0n) is 17.9. The first kappa shape index (κ1) is 21.9. The van der Waals surface area contributed by atoms with Crippen LogP contribution in [0.15, 0.2) is 121 Å². The fourth-order valence-corrected chi connectivity index (χ4v) is 18.9. The Morgan fingerprint density at radius 2 is 1.00 bits per heavy atom. The van der Waals surface area contributed by atoms with Gasteiger partial charge >= 0.3 is 0 Å². The van der Waals surface area contributed by atoms with Gasteiger partial charge in [0.25, 0.3) is 0 Å². The van der Waals surface area contributed by atoms with Gasteiger partial charge in [0.15, 0.2) is 0 Å². The SMILES string of the molecule is [SiH3]O[SiH2]C[Si](O[SiH](c1ccccc1)c1ccccc1)(c1ccccc1)c1ccccc1. The number of benzene rings is 4. The van der Waals surface area contributed by atoms with Crippen LogP contribution >= 0.6 is 0 Å². The monoisotopic (exact) mass is 472 g/mol. The Balaban J connectivity index is 1.89. The van der Waals surface area contributed by atoms with Crippen molar-refractivity contribution in [3.63, 3.8) is 0 Å². The molecule has 0 aromatic heterocycles. The predicted octanol–water partition coefficient (Wildman–Crippen LogP) is 0.639. The van der Waals surface area contributed by atoms with Gasteiger partial charge in [0.2, 0.25) is 17.4 Å². The molecule has 0 unspecified atom stereocenters. The summed E-state index contributed by atoms with van der Waals surface area (Å²) in [7, 11) is -4.25. The molecule has 0 aliphatic carbocycles. The van der Waals surface area contributed by atoms with Crippen LogP contribution in [0.5, 0.6) is 0 Å². The van der Waals surface area contributed by atoms with Gasteiger partial charge in [-0.25, -0.2) is 0 Å². The molecule has 0 aliphatic rings. The molecular weight excluding hydrogens is 445 g/mol. The van der Waals surface area contributed by atoms with Crippen molar-refractivity contribution in [1.29, 1.82) is 0 Å². The zero-order chi connectivity index (χ0) is 21.4. The predicted molar refractivity (Wildman–Crippen MR) is 143 cm³/mol. The second kappa shape index (κ2) is 10.8. The minimum Gasteiger partial charge on any atom is -0.468 e. The van der Waals surface area contributed by atoms with Gasteiger partial charge in [-0.05, 0) is 26.4 Å². The van der Waals surface area contributed by atoms with E-state index in [9.17, 15) is 0 Å². The van der Waals surface area contributed by atoms with Crippen LogP contribution in [-0.4, -0.2) is 37.6 Å². The number of hydrogen-bond donors (Lipinski definition) is 0. The summed E-state index contributed by atoms with van der Waals surface area (Å²) in [4.78, 5) is 0. The topological polar surface area (TPSA) is 18.5 Å². The Morgan fingerprint density at radius 3 is 1.39 bits per heavy atom. The summed E-state index contributed by atoms with van der Waals surface area (Å²) in [5, 5.41) is 5.34. The van der Waals surface area contributed by atoms with Crippen molar-refractivity contribution in [3.05, 3.63) is 121 Å². The molecule has 31 heavy (non-hydrogen) atoms. The second-order valence-electron chi connectivity index (χ2n) is 7.62. The first-order chi connectivity index (χ1) is 15.3. The third-order valence-corrected chi connectivity index (χ3v) is 18.0. The Kier molecular flexibility index (Phi) is 7.63. The summed E-state index contributed by atoms with van der Waals surface area (Å²) in [6.45, 7) is 0. The van der Waals surface area contributed by atoms with Gasteiger partial charge in [-0.15, -0.1) is 0 Å². The maximum Gasteiger partial charge on any atom is 0.244 e. The fourth-order valence-electron chi connectivity index (χ4n) is 4.10. The lowest BCUT2D eigenvalue weighted by atomic mass is 10.4. The van der Waals surface area contributed by atoms with Gasteiger partial charge in [-0.1, -0.05) is 121 Å². The van der Waals surface area contributed by atoms with Crippen molar-refractivity contribution in [2.75, 3.05) is 0 Å². The lowest BCUT2D eigenvalue weighted by molar-refractivity contribution is 0.599. The van der Waals surface area contributed by atoms with E-state index in [0.29, 0.717) is 0 Å². The third-order valence-electron chi connectivity index (χ3n) is 5.66. The lowest BCUT2D eigenvalue weighted by Gasteiger charge is -2.36. The normalized spacial score (nSPS) is 12.0. The van der Waals surface area contributed by atoms with E-state index in [-0.39, 0.29) is 0 Å². The quantitative estimate of drug-likeness (QED) is 0.333. The highest BCUT2D eigenvalue weighted by molar-refractivity contribution is 7.06. The summed E-state index contributed by atoms with van der Waals surface area (Å²) in [5.41, 5.74) is 1.05. The molecule has 0 saturated carbocycles. The van der Waals surface area contributed by atoms with E-state index in [1.54, 1.807) is 0 Å². The molecule has 6 heteroatoms. The standard InChI is InChI=1S/C25H28O2Si4/c28-26-29-21-31(24-17-9-3-10-18-24,25-19-11-4-12-20-25)27-30(22-13-5-1-6-14-22)23-15-7-2-8-16-23/h1-20,30H,21,29H2,28H3. The van der Waals surface area contributed by atoms with Crippen molar-refractivity contribution >= 4 is 58.4 Å². The van der Waals surface area contributed by atoms with E-state index in [4.69, 9.17) is 8.23 Å². The van der Waals surface area contributed by atoms with Crippen molar-refractivity contribution in [1.82, 2.24) is 0 Å². The average Bonchev–Trinajstić information content (AvgIpc) is 2.87. The molecule has 0 atom stereocenters. The first-order valence-corrected chi connectivity index (χ1v) is 16.8. The highest BCUT2D eigenvalue weighted by Gasteiger charge is 2.42. The molecule has 4 aromatic rings. The zero-order valence-corrected chi connectivity index (χ0v) is 23.4. The van der Waals surface area contributed by atoms with E-state index in [1.165, 1.54) is 20.7 Å². The molecule has 156 valence electrons. The van der Waals surface area contributed by atoms with Gasteiger partial charge in [0.05, 0.1) is 0 Å². The molecule has 0 fully saturated rings. The number of rotatable bonds is 9. The van der Waals surface area contributed by atoms with Crippen LogP contribution in [0.25, 0.3) is 0 Å². The second-order valence-corrected chi connectivity index (χ2v) is 18.2. The van der Waals surface area contributed by atoms with Crippen LogP contribution in [-0.2, 0) is 8.23 Å². The molecule has 4 aromatic carbocycles. The smallest absolute Gasteiger partial charge is 0.244 e. The Hall–Kier alpha value is -2.33. The summed E-state index contributed by atoms with van der Waals surface area (Å²) < 4.78 is 13.4. The van der Waals surface area contributed by atoms with Gasteiger partial charge in [0.1, 0.15) is 20.2 Å². The minimum absolute atomic E-state index is 0.652. The van der Waals surface area contributed by atoms with E-state index in [2.05, 4.69) is 121 Å². The molecule has 0 radical (unpaired) electrons. The van der Waals surface area contributed by atoms with E-state index >= 15 is 0 Å². The Labute approximate surface area is 193 Å². The fraction of sp³-hybridized carbons (Fsp3) is 0.0400. The van der Waals surface area contributed by atoms with Crippen LogP contribution in [0.2, 0.25) is 5.67 Å². The summed E-state index contributed by atoms with van der Waals surface area (Å²) in [5.74, 6) is 0. The van der Waals surface area contributed by atoms with Gasteiger partial charge in [0, 0.05) is 0 Å². The highest BCUT2D eigenvalue weighted by atomic mass is 28.4. The van der Waals surface area contributed by atoms with E-state index in [0.717, 1.165) is 16.2 Å². The van der Waals surface area contributed by atoms with Crippen molar-refractivity contribution in [2.24, 2.45) is 0 Å². The van der Waals surface area contributed by atoms with Gasteiger partial charge in [-0.2, -0.15) is 0 Å². The number of hydrogen-bond acceptors (Lipinski definition) is 2. The maximum atomic E-state index is 7.53. The third kappa shape index (κ3) is 5.12. The van der Waals surface area contributed by atoms with Crippen LogP contribution in [0.4, 0.5) is 0 Å². The lowest BCUT2D eigenvalue weighted by Crippen LogP contribution is -2.67. The molecule has 4 rings (SSSR count). The van der Waals surface area contributed by atoms with Crippen LogP contribution in [0, 0.1) is 0 Å². The first-order valence-electron chi connectivity index (χ1n) is 10.7. The van der Waals surface area contributed by atoms with E-state index in [1.807, 2.05) is 0 Å². The molecule has 0 aliphatic heterocycles. The van der Waals surface area contributed by atoms with Gasteiger partial charge < -0.3 is 8.23 Å². The van der Waals surface area contributed by atoms with Gasteiger partial charge in [-0.3, -0.25) is 0 Å².